The molecule has 8 nitrogen and oxygen atoms in total. The number of aromatic nitrogens is 2. The fourth-order valence-electron chi connectivity index (χ4n) is 1.89. The van der Waals surface area contributed by atoms with Gasteiger partial charge in [-0.25, -0.2) is 26.1 Å². The van der Waals surface area contributed by atoms with Crippen molar-refractivity contribution in [3.8, 4) is 0 Å². The molecule has 0 bridgehead atoms. The van der Waals surface area contributed by atoms with Crippen molar-refractivity contribution in [1.29, 1.82) is 0 Å². The van der Waals surface area contributed by atoms with Gasteiger partial charge in [0.2, 0.25) is 20.0 Å². The maximum absolute atomic E-state index is 11.9. The first-order valence-electron chi connectivity index (χ1n) is 6.72. The largest absolute Gasteiger partial charge is 0.283 e. The van der Waals surface area contributed by atoms with E-state index in [0.29, 0.717) is 12.1 Å². The summed E-state index contributed by atoms with van der Waals surface area (Å²) >= 11 is 0. The molecular formula is C12H18N4O4S2. The minimum absolute atomic E-state index is 0.0155. The van der Waals surface area contributed by atoms with Crippen molar-refractivity contribution in [1.82, 2.24) is 14.3 Å². The second-order valence-electron chi connectivity index (χ2n) is 4.75. The highest BCUT2D eigenvalue weighted by molar-refractivity contribution is 7.92. The number of nitrogens with zero attached hydrogens (tertiary/aromatic N) is 2. The van der Waals surface area contributed by atoms with Gasteiger partial charge < -0.3 is 0 Å². The third-order valence-corrected chi connectivity index (χ3v) is 5.72. The van der Waals surface area contributed by atoms with Crippen molar-refractivity contribution in [2.75, 3.05) is 22.8 Å². The van der Waals surface area contributed by atoms with Crippen LogP contribution in [-0.2, 0) is 20.0 Å². The number of anilines is 1. The van der Waals surface area contributed by atoms with Gasteiger partial charge in [0, 0.05) is 18.9 Å². The van der Waals surface area contributed by atoms with Crippen LogP contribution in [0.25, 0.3) is 5.52 Å². The van der Waals surface area contributed by atoms with E-state index in [1.807, 2.05) is 0 Å². The molecule has 2 N–H and O–H groups in total. The SMILES string of the molecule is CCCS(=O)(=O)NCCS(=O)(=O)Nc1ccn2nccc2c1. The lowest BCUT2D eigenvalue weighted by Crippen LogP contribution is -2.32. The minimum Gasteiger partial charge on any atom is -0.283 e. The fraction of sp³-hybridized carbons (Fsp3) is 0.417. The van der Waals surface area contributed by atoms with Crippen LogP contribution >= 0.6 is 0 Å². The first-order valence-corrected chi connectivity index (χ1v) is 10.0. The zero-order valence-corrected chi connectivity index (χ0v) is 13.7. The highest BCUT2D eigenvalue weighted by Gasteiger charge is 2.14. The van der Waals surface area contributed by atoms with E-state index in [1.54, 1.807) is 42.0 Å². The monoisotopic (exact) mass is 346 g/mol. The van der Waals surface area contributed by atoms with Gasteiger partial charge in [-0.15, -0.1) is 0 Å². The number of hydrogen-bond donors (Lipinski definition) is 2. The van der Waals surface area contributed by atoms with Crippen LogP contribution < -0.4 is 9.44 Å². The molecule has 2 rings (SSSR count). The molecule has 0 saturated heterocycles. The second-order valence-corrected chi connectivity index (χ2v) is 8.52. The van der Waals surface area contributed by atoms with Gasteiger partial charge >= 0.3 is 0 Å². The lowest BCUT2D eigenvalue weighted by atomic mass is 10.4. The summed E-state index contributed by atoms with van der Waals surface area (Å²) in [5.41, 5.74) is 1.16. The van der Waals surface area contributed by atoms with Crippen molar-refractivity contribution in [2.24, 2.45) is 0 Å². The smallest absolute Gasteiger partial charge is 0.234 e. The maximum Gasteiger partial charge on any atom is 0.234 e. The molecule has 0 aliphatic rings. The number of rotatable bonds is 8. The highest BCUT2D eigenvalue weighted by atomic mass is 32.2. The molecule has 2 aromatic heterocycles. The molecule has 10 heteroatoms. The number of pyridine rings is 1. The van der Waals surface area contributed by atoms with Crippen LogP contribution in [0.15, 0.2) is 30.6 Å². The Balaban J connectivity index is 1.96. The van der Waals surface area contributed by atoms with E-state index >= 15 is 0 Å². The Morgan fingerprint density at radius 3 is 2.64 bits per heavy atom. The van der Waals surface area contributed by atoms with Crippen molar-refractivity contribution in [3.05, 3.63) is 30.6 Å². The molecule has 0 saturated carbocycles. The molecule has 0 amide bonds. The third kappa shape index (κ3) is 4.68. The van der Waals surface area contributed by atoms with E-state index in [4.69, 9.17) is 0 Å². The van der Waals surface area contributed by atoms with E-state index in [1.165, 1.54) is 0 Å². The number of hydrogen-bond acceptors (Lipinski definition) is 5. The first kappa shape index (κ1) is 16.7. The summed E-state index contributed by atoms with van der Waals surface area (Å²) in [5.74, 6) is -0.348. The minimum atomic E-state index is -3.63. The summed E-state index contributed by atoms with van der Waals surface area (Å²) in [7, 11) is -7.03. The van der Waals surface area contributed by atoms with E-state index < -0.39 is 20.0 Å². The molecule has 122 valence electrons. The predicted octanol–water partition coefficient (Wildman–Crippen LogP) is 0.405. The summed E-state index contributed by atoms with van der Waals surface area (Å²) in [6.45, 7) is 1.58. The predicted molar refractivity (Wildman–Crippen MR) is 84.7 cm³/mol. The Hall–Kier alpha value is -1.65. The van der Waals surface area contributed by atoms with Gasteiger partial charge in [0.25, 0.3) is 0 Å². The Bertz CT molecular complexity index is 843. The highest BCUT2D eigenvalue weighted by Crippen LogP contribution is 2.12. The summed E-state index contributed by atoms with van der Waals surface area (Å²) in [6, 6.07) is 4.97. The van der Waals surface area contributed by atoms with Crippen LogP contribution in [0.5, 0.6) is 0 Å². The fourth-order valence-corrected chi connectivity index (χ4v) is 4.07. The molecule has 2 heterocycles. The Kier molecular flexibility index (Phi) is 5.04. The van der Waals surface area contributed by atoms with Gasteiger partial charge in [-0.05, 0) is 24.6 Å². The average molecular weight is 346 g/mol. The van der Waals surface area contributed by atoms with E-state index in [0.717, 1.165) is 5.52 Å². The lowest BCUT2D eigenvalue weighted by molar-refractivity contribution is 0.580. The quantitative estimate of drug-likeness (QED) is 0.719. The van der Waals surface area contributed by atoms with Gasteiger partial charge in [-0.2, -0.15) is 5.10 Å². The van der Waals surface area contributed by atoms with Crippen molar-refractivity contribution >= 4 is 31.3 Å². The van der Waals surface area contributed by atoms with Gasteiger partial charge in [0.1, 0.15) is 0 Å². The van der Waals surface area contributed by atoms with Crippen LogP contribution in [0.4, 0.5) is 5.69 Å². The molecule has 22 heavy (non-hydrogen) atoms. The Morgan fingerprint density at radius 1 is 1.14 bits per heavy atom. The second kappa shape index (κ2) is 6.63. The Morgan fingerprint density at radius 2 is 1.91 bits per heavy atom. The molecule has 0 fully saturated rings. The van der Waals surface area contributed by atoms with E-state index in [-0.39, 0.29) is 18.1 Å². The normalized spacial score (nSPS) is 12.6. The van der Waals surface area contributed by atoms with Crippen LogP contribution in [0.3, 0.4) is 0 Å². The molecule has 0 radical (unpaired) electrons. The summed E-state index contributed by atoms with van der Waals surface area (Å²) in [6.07, 6.45) is 3.72. The standard InChI is InChI=1S/C12H18N4O4S2/c1-2-8-21(17,18)14-6-9-22(19,20)15-11-4-7-16-12(10-11)3-5-13-16/h3-5,7,10,14-15H,2,6,8-9H2,1H3. The van der Waals surface area contributed by atoms with Crippen LogP contribution in [0.2, 0.25) is 0 Å². The molecule has 0 unspecified atom stereocenters. The van der Waals surface area contributed by atoms with E-state index in [2.05, 4.69) is 14.5 Å². The summed E-state index contributed by atoms with van der Waals surface area (Å²) in [4.78, 5) is 0. The van der Waals surface area contributed by atoms with Crippen LogP contribution in [0, 0.1) is 0 Å². The number of nitrogens with one attached hydrogen (secondary N) is 2. The van der Waals surface area contributed by atoms with Crippen LogP contribution in [-0.4, -0.2) is 44.5 Å². The molecule has 0 aromatic carbocycles. The number of sulfonamides is 2. The zero-order valence-electron chi connectivity index (χ0n) is 12.1. The number of fused-ring (bicyclic) bond motifs is 1. The maximum atomic E-state index is 11.9. The van der Waals surface area contributed by atoms with E-state index in [9.17, 15) is 16.8 Å². The summed E-state index contributed by atoms with van der Waals surface area (Å²) < 4.78 is 53.1. The molecular weight excluding hydrogens is 328 g/mol. The molecule has 0 spiro atoms. The van der Waals surface area contributed by atoms with Gasteiger partial charge in [0.05, 0.1) is 22.7 Å². The molecule has 0 atom stereocenters. The molecule has 0 aliphatic heterocycles. The Labute approximate surface area is 129 Å². The van der Waals surface area contributed by atoms with Crippen molar-refractivity contribution < 1.29 is 16.8 Å². The average Bonchev–Trinajstić information content (AvgIpc) is 2.84. The summed E-state index contributed by atoms with van der Waals surface area (Å²) in [5, 5.41) is 4.01. The molecule has 2 aromatic rings. The topological polar surface area (TPSA) is 110 Å². The van der Waals surface area contributed by atoms with Gasteiger partial charge in [-0.1, -0.05) is 6.92 Å². The molecule has 0 aliphatic carbocycles. The lowest BCUT2D eigenvalue weighted by Gasteiger charge is -2.09. The van der Waals surface area contributed by atoms with Gasteiger partial charge in [-0.3, -0.25) is 4.72 Å². The van der Waals surface area contributed by atoms with Crippen molar-refractivity contribution in [2.45, 2.75) is 13.3 Å². The third-order valence-electron chi connectivity index (χ3n) is 2.84. The van der Waals surface area contributed by atoms with Crippen molar-refractivity contribution in [3.63, 3.8) is 0 Å². The zero-order chi connectivity index (χ0) is 16.2. The first-order chi connectivity index (χ1) is 10.3. The van der Waals surface area contributed by atoms with Crippen LogP contribution in [0.1, 0.15) is 13.3 Å². The van der Waals surface area contributed by atoms with Gasteiger partial charge in [0.15, 0.2) is 0 Å².